The molecular formula is C11H10BrF4NO2. The Morgan fingerprint density at radius 3 is 2.47 bits per heavy atom. The lowest BCUT2D eigenvalue weighted by Gasteiger charge is -2.22. The molecule has 0 aromatic heterocycles. The van der Waals surface area contributed by atoms with Crippen LogP contribution < -0.4 is 0 Å². The first-order chi connectivity index (χ1) is 8.67. The minimum Gasteiger partial charge on any atom is -0.480 e. The number of halogens is 5. The molecule has 0 saturated carbocycles. The third-order valence-electron chi connectivity index (χ3n) is 2.17. The van der Waals surface area contributed by atoms with Crippen molar-refractivity contribution < 1.29 is 27.5 Å². The maximum Gasteiger partial charge on any atom is 0.401 e. The number of rotatable bonds is 5. The van der Waals surface area contributed by atoms with Crippen molar-refractivity contribution in [3.05, 3.63) is 34.1 Å². The summed E-state index contributed by atoms with van der Waals surface area (Å²) in [7, 11) is 0. The summed E-state index contributed by atoms with van der Waals surface area (Å²) < 4.78 is 50.1. The number of nitrogens with zero attached hydrogens (tertiary/aromatic N) is 1. The van der Waals surface area contributed by atoms with Crippen LogP contribution in [0.3, 0.4) is 0 Å². The van der Waals surface area contributed by atoms with Gasteiger partial charge in [0.15, 0.2) is 0 Å². The highest BCUT2D eigenvalue weighted by molar-refractivity contribution is 9.10. The highest BCUT2D eigenvalue weighted by atomic mass is 79.9. The molecule has 8 heteroatoms. The molecule has 0 aliphatic carbocycles. The molecule has 0 heterocycles. The van der Waals surface area contributed by atoms with Crippen LogP contribution in [0, 0.1) is 5.82 Å². The van der Waals surface area contributed by atoms with E-state index >= 15 is 0 Å². The summed E-state index contributed by atoms with van der Waals surface area (Å²) in [5.74, 6) is -1.89. The van der Waals surface area contributed by atoms with Crippen LogP contribution in [-0.4, -0.2) is 35.2 Å². The monoisotopic (exact) mass is 343 g/mol. The Kier molecular flexibility index (Phi) is 5.30. The van der Waals surface area contributed by atoms with Gasteiger partial charge in [0.1, 0.15) is 5.82 Å². The van der Waals surface area contributed by atoms with E-state index in [2.05, 4.69) is 15.9 Å². The second-order valence-corrected chi connectivity index (χ2v) is 4.74. The fourth-order valence-electron chi connectivity index (χ4n) is 1.50. The number of hydrogen-bond donors (Lipinski definition) is 1. The summed E-state index contributed by atoms with van der Waals surface area (Å²) in [6, 6.07) is 3.53. The van der Waals surface area contributed by atoms with Gasteiger partial charge in [-0.1, -0.05) is 22.0 Å². The zero-order valence-corrected chi connectivity index (χ0v) is 11.1. The van der Waals surface area contributed by atoms with Gasteiger partial charge in [-0.05, 0) is 17.7 Å². The second-order valence-electron chi connectivity index (χ2n) is 3.89. The first kappa shape index (κ1) is 15.9. The molecule has 0 spiro atoms. The number of carbonyl (C=O) groups is 1. The molecule has 0 atom stereocenters. The van der Waals surface area contributed by atoms with Gasteiger partial charge in [-0.15, -0.1) is 0 Å². The molecule has 0 saturated heterocycles. The largest absolute Gasteiger partial charge is 0.480 e. The number of alkyl halides is 3. The van der Waals surface area contributed by atoms with Crippen LogP contribution >= 0.6 is 15.9 Å². The van der Waals surface area contributed by atoms with Crippen molar-refractivity contribution in [3.8, 4) is 0 Å². The molecule has 0 unspecified atom stereocenters. The van der Waals surface area contributed by atoms with Gasteiger partial charge in [0.05, 0.1) is 13.1 Å². The van der Waals surface area contributed by atoms with Gasteiger partial charge in [0, 0.05) is 11.0 Å². The Morgan fingerprint density at radius 2 is 2.00 bits per heavy atom. The Morgan fingerprint density at radius 1 is 1.37 bits per heavy atom. The predicted octanol–water partition coefficient (Wildman–Crippen LogP) is 3.04. The highest BCUT2D eigenvalue weighted by Crippen LogP contribution is 2.22. The van der Waals surface area contributed by atoms with Crippen LogP contribution in [0.5, 0.6) is 0 Å². The molecule has 19 heavy (non-hydrogen) atoms. The van der Waals surface area contributed by atoms with Gasteiger partial charge in [-0.2, -0.15) is 13.2 Å². The van der Waals surface area contributed by atoms with E-state index in [1.807, 2.05) is 0 Å². The minimum atomic E-state index is -4.50. The summed E-state index contributed by atoms with van der Waals surface area (Å²) in [5, 5.41) is 8.59. The third-order valence-corrected chi connectivity index (χ3v) is 2.91. The van der Waals surface area contributed by atoms with E-state index in [0.29, 0.717) is 10.0 Å². The van der Waals surface area contributed by atoms with Crippen molar-refractivity contribution in [1.82, 2.24) is 4.90 Å². The maximum absolute atomic E-state index is 12.8. The molecule has 1 aromatic rings. The van der Waals surface area contributed by atoms with Gasteiger partial charge >= 0.3 is 12.1 Å². The molecular weight excluding hydrogens is 334 g/mol. The fraction of sp³-hybridized carbons (Fsp3) is 0.364. The average molecular weight is 344 g/mol. The smallest absolute Gasteiger partial charge is 0.401 e. The Labute approximate surface area is 115 Å². The third kappa shape index (κ3) is 6.02. The van der Waals surface area contributed by atoms with Crippen LogP contribution in [0.4, 0.5) is 17.6 Å². The summed E-state index contributed by atoms with van der Waals surface area (Å²) >= 11 is 3.03. The van der Waals surface area contributed by atoms with E-state index in [9.17, 15) is 22.4 Å². The first-order valence-corrected chi connectivity index (χ1v) is 5.91. The van der Waals surface area contributed by atoms with Gasteiger partial charge < -0.3 is 5.11 Å². The number of aliphatic carboxylic acids is 1. The van der Waals surface area contributed by atoms with Gasteiger partial charge in [0.2, 0.25) is 0 Å². The zero-order chi connectivity index (χ0) is 14.6. The molecule has 0 aliphatic heterocycles. The Hall–Kier alpha value is -1.15. The van der Waals surface area contributed by atoms with E-state index in [1.165, 1.54) is 6.07 Å². The summed E-state index contributed by atoms with van der Waals surface area (Å²) in [6.07, 6.45) is -4.50. The lowest BCUT2D eigenvalue weighted by Crippen LogP contribution is -2.37. The molecule has 3 nitrogen and oxygen atoms in total. The predicted molar refractivity (Wildman–Crippen MR) is 63.1 cm³/mol. The van der Waals surface area contributed by atoms with Crippen molar-refractivity contribution in [2.45, 2.75) is 12.7 Å². The zero-order valence-electron chi connectivity index (χ0n) is 9.55. The SMILES string of the molecule is O=C(O)CN(Cc1ccc(F)cc1Br)CC(F)(F)F. The van der Waals surface area contributed by atoms with Gasteiger partial charge in [0.25, 0.3) is 0 Å². The summed E-state index contributed by atoms with van der Waals surface area (Å²) in [4.78, 5) is 11.3. The molecule has 0 fully saturated rings. The van der Waals surface area contributed by atoms with Gasteiger partial charge in [-0.3, -0.25) is 9.69 Å². The molecule has 1 N–H and O–H groups in total. The normalized spacial score (nSPS) is 11.9. The molecule has 0 radical (unpaired) electrons. The average Bonchev–Trinajstić information content (AvgIpc) is 2.18. The summed E-state index contributed by atoms with van der Waals surface area (Å²) in [6.45, 7) is -2.33. The highest BCUT2D eigenvalue weighted by Gasteiger charge is 2.31. The topological polar surface area (TPSA) is 40.5 Å². The fourth-order valence-corrected chi connectivity index (χ4v) is 1.98. The number of benzene rings is 1. The van der Waals surface area contributed by atoms with E-state index < -0.39 is 31.1 Å². The molecule has 0 aliphatic rings. The van der Waals surface area contributed by atoms with Crippen LogP contribution in [0.15, 0.2) is 22.7 Å². The van der Waals surface area contributed by atoms with Crippen LogP contribution in [-0.2, 0) is 11.3 Å². The quantitative estimate of drug-likeness (QED) is 0.835. The summed E-state index contributed by atoms with van der Waals surface area (Å²) in [5.41, 5.74) is 0.381. The first-order valence-electron chi connectivity index (χ1n) is 5.12. The van der Waals surface area contributed by atoms with E-state index in [-0.39, 0.29) is 6.54 Å². The van der Waals surface area contributed by atoms with Crippen molar-refractivity contribution in [2.75, 3.05) is 13.1 Å². The van der Waals surface area contributed by atoms with E-state index in [1.54, 1.807) is 0 Å². The number of carboxylic acids is 1. The Balaban J connectivity index is 2.84. The Bertz CT molecular complexity index is 464. The van der Waals surface area contributed by atoms with Crippen LogP contribution in [0.25, 0.3) is 0 Å². The van der Waals surface area contributed by atoms with Crippen LogP contribution in [0.1, 0.15) is 5.56 Å². The number of hydrogen-bond acceptors (Lipinski definition) is 2. The van der Waals surface area contributed by atoms with Crippen molar-refractivity contribution >= 4 is 21.9 Å². The van der Waals surface area contributed by atoms with Crippen molar-refractivity contribution in [3.63, 3.8) is 0 Å². The molecule has 1 rings (SSSR count). The van der Waals surface area contributed by atoms with Crippen LogP contribution in [0.2, 0.25) is 0 Å². The molecule has 0 bridgehead atoms. The minimum absolute atomic E-state index is 0.243. The standard InChI is InChI=1S/C11H10BrF4NO2/c12-9-3-8(13)2-1-7(9)4-17(5-10(18)19)6-11(14,15)16/h1-3H,4-6H2,(H,18,19). The molecule has 0 amide bonds. The molecule has 1 aromatic carbocycles. The van der Waals surface area contributed by atoms with Gasteiger partial charge in [-0.25, -0.2) is 4.39 Å². The second kappa shape index (κ2) is 6.33. The van der Waals surface area contributed by atoms with E-state index in [0.717, 1.165) is 17.0 Å². The number of carboxylic acid groups (broad SMARTS) is 1. The van der Waals surface area contributed by atoms with Crippen molar-refractivity contribution in [1.29, 1.82) is 0 Å². The maximum atomic E-state index is 12.8. The van der Waals surface area contributed by atoms with Crippen molar-refractivity contribution in [2.24, 2.45) is 0 Å². The lowest BCUT2D eigenvalue weighted by atomic mass is 10.2. The lowest BCUT2D eigenvalue weighted by molar-refractivity contribution is -0.154. The van der Waals surface area contributed by atoms with E-state index in [4.69, 9.17) is 5.11 Å². The molecule has 106 valence electrons.